The molecule has 1 aliphatic heterocycles. The van der Waals surface area contributed by atoms with Crippen molar-refractivity contribution in [3.05, 3.63) is 29.4 Å². The van der Waals surface area contributed by atoms with Gasteiger partial charge in [-0.25, -0.2) is 0 Å². The average Bonchev–Trinajstić information content (AvgIpc) is 3.38. The number of methoxy groups -OCH3 is 1. The Bertz CT molecular complexity index is 817. The summed E-state index contributed by atoms with van der Waals surface area (Å²) in [4.78, 5) is 26.6. The third-order valence-electron chi connectivity index (χ3n) is 4.89. The first kappa shape index (κ1) is 21.0. The van der Waals surface area contributed by atoms with Crippen molar-refractivity contribution < 1.29 is 18.8 Å². The molecule has 0 radical (unpaired) electrons. The molecule has 0 spiro atoms. The van der Waals surface area contributed by atoms with E-state index in [0.29, 0.717) is 38.5 Å². The SMILES string of the molecule is CCCc1cc(C(=O)N2CCC[C@@H](Cn3cc(C(=O)NCCOC)nn3)C2)no1. The van der Waals surface area contributed by atoms with Gasteiger partial charge in [-0.1, -0.05) is 17.3 Å². The van der Waals surface area contributed by atoms with E-state index < -0.39 is 0 Å². The number of hydrogen-bond acceptors (Lipinski definition) is 7. The highest BCUT2D eigenvalue weighted by Gasteiger charge is 2.27. The van der Waals surface area contributed by atoms with E-state index in [1.807, 2.05) is 4.90 Å². The fourth-order valence-electron chi connectivity index (χ4n) is 3.45. The minimum atomic E-state index is -0.275. The van der Waals surface area contributed by atoms with Crippen molar-refractivity contribution in [2.24, 2.45) is 5.92 Å². The molecule has 1 N–H and O–H groups in total. The highest BCUT2D eigenvalue weighted by Crippen LogP contribution is 2.20. The van der Waals surface area contributed by atoms with E-state index in [4.69, 9.17) is 9.26 Å². The molecule has 0 unspecified atom stereocenters. The molecule has 0 aromatic carbocycles. The number of hydrogen-bond donors (Lipinski definition) is 1. The Morgan fingerprint density at radius 2 is 2.24 bits per heavy atom. The van der Waals surface area contributed by atoms with E-state index in [1.54, 1.807) is 24.1 Å². The van der Waals surface area contributed by atoms with Crippen molar-refractivity contribution in [1.29, 1.82) is 0 Å². The van der Waals surface area contributed by atoms with Gasteiger partial charge in [-0.05, 0) is 25.2 Å². The Labute approximate surface area is 169 Å². The number of nitrogens with one attached hydrogen (secondary N) is 1. The van der Waals surface area contributed by atoms with Gasteiger partial charge in [0.05, 0.1) is 12.8 Å². The molecular weight excluding hydrogens is 376 g/mol. The van der Waals surface area contributed by atoms with Crippen LogP contribution >= 0.6 is 0 Å². The maximum atomic E-state index is 12.7. The van der Waals surface area contributed by atoms with Gasteiger partial charge < -0.3 is 19.5 Å². The molecule has 1 saturated heterocycles. The number of piperidine rings is 1. The van der Waals surface area contributed by atoms with E-state index in [1.165, 1.54) is 0 Å². The van der Waals surface area contributed by atoms with Gasteiger partial charge >= 0.3 is 0 Å². The Hall–Kier alpha value is -2.75. The number of likely N-dealkylation sites (tertiary alicyclic amines) is 1. The quantitative estimate of drug-likeness (QED) is 0.623. The molecule has 3 heterocycles. The topological polar surface area (TPSA) is 115 Å². The van der Waals surface area contributed by atoms with Crippen LogP contribution in [-0.4, -0.2) is 70.2 Å². The van der Waals surface area contributed by atoms with E-state index in [-0.39, 0.29) is 23.4 Å². The second-order valence-electron chi connectivity index (χ2n) is 7.26. The number of carbonyl (C=O) groups is 2. The molecule has 2 aromatic rings. The molecular formula is C19H28N6O4. The van der Waals surface area contributed by atoms with E-state index >= 15 is 0 Å². The summed E-state index contributed by atoms with van der Waals surface area (Å²) in [5.41, 5.74) is 0.640. The van der Waals surface area contributed by atoms with E-state index in [2.05, 4.69) is 27.7 Å². The minimum Gasteiger partial charge on any atom is -0.383 e. The van der Waals surface area contributed by atoms with Crippen molar-refractivity contribution in [3.8, 4) is 0 Å². The maximum absolute atomic E-state index is 12.7. The van der Waals surface area contributed by atoms with Crippen molar-refractivity contribution >= 4 is 11.8 Å². The zero-order chi connectivity index (χ0) is 20.6. The highest BCUT2D eigenvalue weighted by molar-refractivity contribution is 5.92. The summed E-state index contributed by atoms with van der Waals surface area (Å²) >= 11 is 0. The number of aryl methyl sites for hydroxylation is 1. The van der Waals surface area contributed by atoms with Gasteiger partial charge in [0.2, 0.25) is 0 Å². The lowest BCUT2D eigenvalue weighted by Crippen LogP contribution is -2.41. The summed E-state index contributed by atoms with van der Waals surface area (Å²) in [6.45, 7) is 4.83. The fourth-order valence-corrected chi connectivity index (χ4v) is 3.45. The van der Waals surface area contributed by atoms with Gasteiger partial charge in [0.1, 0.15) is 5.76 Å². The Kier molecular flexibility index (Phi) is 7.34. The Balaban J connectivity index is 1.54. The average molecular weight is 404 g/mol. The molecule has 158 valence electrons. The van der Waals surface area contributed by atoms with Crippen molar-refractivity contribution in [2.45, 2.75) is 39.2 Å². The van der Waals surface area contributed by atoms with Gasteiger partial charge in [0, 0.05) is 45.8 Å². The van der Waals surface area contributed by atoms with Crippen LogP contribution in [0.3, 0.4) is 0 Å². The predicted octanol–water partition coefficient (Wildman–Crippen LogP) is 1.15. The van der Waals surface area contributed by atoms with Gasteiger partial charge in [-0.2, -0.15) is 0 Å². The molecule has 2 amide bonds. The van der Waals surface area contributed by atoms with Crippen LogP contribution in [0, 0.1) is 5.92 Å². The predicted molar refractivity (Wildman–Crippen MR) is 103 cm³/mol. The molecule has 29 heavy (non-hydrogen) atoms. The summed E-state index contributed by atoms with van der Waals surface area (Å²) in [6.07, 6.45) is 5.25. The minimum absolute atomic E-state index is 0.0994. The number of ether oxygens (including phenoxy) is 1. The van der Waals surface area contributed by atoms with Crippen LogP contribution in [0.15, 0.2) is 16.8 Å². The van der Waals surface area contributed by atoms with Crippen molar-refractivity contribution in [2.75, 3.05) is 33.4 Å². The van der Waals surface area contributed by atoms with Crippen LogP contribution in [0.1, 0.15) is 52.9 Å². The molecule has 0 aliphatic carbocycles. The van der Waals surface area contributed by atoms with Crippen LogP contribution < -0.4 is 5.32 Å². The lowest BCUT2D eigenvalue weighted by Gasteiger charge is -2.32. The molecule has 1 atom stereocenters. The first-order chi connectivity index (χ1) is 14.1. The van der Waals surface area contributed by atoms with E-state index in [0.717, 1.165) is 31.4 Å². The summed E-state index contributed by atoms with van der Waals surface area (Å²) in [6, 6.07) is 1.74. The standard InChI is InChI=1S/C19H28N6O4/c1-3-5-15-10-16(22-29-15)19(27)24-8-4-6-14(11-24)12-25-13-17(21-23-25)18(26)20-7-9-28-2/h10,13-14H,3-9,11-12H2,1-2H3,(H,20,26)/t14-/m1/s1. The highest BCUT2D eigenvalue weighted by atomic mass is 16.5. The number of amides is 2. The van der Waals surface area contributed by atoms with Gasteiger partial charge in [0.15, 0.2) is 11.4 Å². The van der Waals surface area contributed by atoms with Crippen LogP contribution in [0.2, 0.25) is 0 Å². The number of aromatic nitrogens is 4. The normalized spacial score (nSPS) is 16.8. The smallest absolute Gasteiger partial charge is 0.276 e. The summed E-state index contributed by atoms with van der Waals surface area (Å²) in [5.74, 6) is 0.601. The molecule has 1 aliphatic rings. The Morgan fingerprint density at radius 1 is 1.38 bits per heavy atom. The van der Waals surface area contributed by atoms with Crippen LogP contribution in [0.5, 0.6) is 0 Å². The van der Waals surface area contributed by atoms with Gasteiger partial charge in [-0.15, -0.1) is 5.10 Å². The zero-order valence-corrected chi connectivity index (χ0v) is 17.0. The third-order valence-corrected chi connectivity index (χ3v) is 4.89. The zero-order valence-electron chi connectivity index (χ0n) is 17.0. The second-order valence-corrected chi connectivity index (χ2v) is 7.26. The molecule has 1 fully saturated rings. The van der Waals surface area contributed by atoms with Crippen molar-refractivity contribution in [3.63, 3.8) is 0 Å². The summed E-state index contributed by atoms with van der Waals surface area (Å²) in [5, 5.41) is 14.6. The first-order valence-corrected chi connectivity index (χ1v) is 10.0. The lowest BCUT2D eigenvalue weighted by molar-refractivity contribution is 0.0649. The molecule has 2 aromatic heterocycles. The fraction of sp³-hybridized carbons (Fsp3) is 0.632. The molecule has 10 heteroatoms. The third kappa shape index (κ3) is 5.63. The Morgan fingerprint density at radius 3 is 3.03 bits per heavy atom. The molecule has 0 bridgehead atoms. The first-order valence-electron chi connectivity index (χ1n) is 10.0. The monoisotopic (exact) mass is 404 g/mol. The largest absolute Gasteiger partial charge is 0.383 e. The summed E-state index contributed by atoms with van der Waals surface area (Å²) in [7, 11) is 1.58. The summed E-state index contributed by atoms with van der Waals surface area (Å²) < 4.78 is 11.8. The molecule has 3 rings (SSSR count). The van der Waals surface area contributed by atoms with Crippen LogP contribution in [-0.2, 0) is 17.7 Å². The van der Waals surface area contributed by atoms with Crippen molar-refractivity contribution in [1.82, 2.24) is 30.4 Å². The number of nitrogens with zero attached hydrogens (tertiary/aromatic N) is 5. The maximum Gasteiger partial charge on any atom is 0.276 e. The number of rotatable bonds is 9. The second kappa shape index (κ2) is 10.1. The van der Waals surface area contributed by atoms with Gasteiger partial charge in [0.25, 0.3) is 11.8 Å². The van der Waals surface area contributed by atoms with Gasteiger partial charge in [-0.3, -0.25) is 14.3 Å². The molecule has 0 saturated carbocycles. The number of carbonyl (C=O) groups excluding carboxylic acids is 2. The van der Waals surface area contributed by atoms with E-state index in [9.17, 15) is 9.59 Å². The lowest BCUT2D eigenvalue weighted by atomic mass is 9.97. The van der Waals surface area contributed by atoms with Crippen LogP contribution in [0.25, 0.3) is 0 Å². The van der Waals surface area contributed by atoms with Crippen LogP contribution in [0.4, 0.5) is 0 Å². The molecule has 10 nitrogen and oxygen atoms in total.